The molecule has 1 atom stereocenters. The standard InChI is InChI=1S/C15H32N2/c1-11(2)15(12(3)4)10-17-8-7-14(9-17)16-13(5)6/h11-16H,7-10H2,1-6H3. The molecule has 1 aliphatic heterocycles. The third-order valence-corrected chi connectivity index (χ3v) is 4.02. The zero-order valence-corrected chi connectivity index (χ0v) is 12.7. The Morgan fingerprint density at radius 2 is 1.65 bits per heavy atom. The molecular formula is C15H32N2. The van der Waals surface area contributed by atoms with E-state index in [1.165, 1.54) is 26.1 Å². The highest BCUT2D eigenvalue weighted by Crippen LogP contribution is 2.23. The van der Waals surface area contributed by atoms with Crippen molar-refractivity contribution in [2.45, 2.75) is 60.0 Å². The molecule has 1 fully saturated rings. The Bertz CT molecular complexity index is 203. The number of likely N-dealkylation sites (tertiary alicyclic amines) is 1. The first-order valence-electron chi connectivity index (χ1n) is 7.38. The number of nitrogens with one attached hydrogen (secondary N) is 1. The minimum absolute atomic E-state index is 0.617. The number of nitrogens with zero attached hydrogens (tertiary/aromatic N) is 1. The van der Waals surface area contributed by atoms with E-state index in [2.05, 4.69) is 51.8 Å². The van der Waals surface area contributed by atoms with Gasteiger partial charge in [-0.3, -0.25) is 0 Å². The lowest BCUT2D eigenvalue weighted by Gasteiger charge is -2.30. The molecule has 0 saturated carbocycles. The van der Waals surface area contributed by atoms with Gasteiger partial charge in [0.15, 0.2) is 0 Å². The van der Waals surface area contributed by atoms with Crippen LogP contribution in [-0.2, 0) is 0 Å². The van der Waals surface area contributed by atoms with Crippen LogP contribution in [0.5, 0.6) is 0 Å². The Kier molecular flexibility index (Phi) is 5.94. The third-order valence-electron chi connectivity index (χ3n) is 4.02. The van der Waals surface area contributed by atoms with Crippen LogP contribution in [-0.4, -0.2) is 36.6 Å². The summed E-state index contributed by atoms with van der Waals surface area (Å²) in [7, 11) is 0. The predicted molar refractivity (Wildman–Crippen MR) is 76.3 cm³/mol. The summed E-state index contributed by atoms with van der Waals surface area (Å²) in [6.45, 7) is 17.8. The topological polar surface area (TPSA) is 15.3 Å². The van der Waals surface area contributed by atoms with E-state index in [9.17, 15) is 0 Å². The Hall–Kier alpha value is -0.0800. The van der Waals surface area contributed by atoms with E-state index in [-0.39, 0.29) is 0 Å². The van der Waals surface area contributed by atoms with E-state index in [0.29, 0.717) is 6.04 Å². The van der Waals surface area contributed by atoms with Crippen LogP contribution in [0.1, 0.15) is 48.0 Å². The minimum Gasteiger partial charge on any atom is -0.310 e. The summed E-state index contributed by atoms with van der Waals surface area (Å²) in [5.41, 5.74) is 0. The van der Waals surface area contributed by atoms with Crippen LogP contribution >= 0.6 is 0 Å². The summed E-state index contributed by atoms with van der Waals surface area (Å²) in [6.07, 6.45) is 1.32. The molecule has 0 bridgehead atoms. The zero-order valence-electron chi connectivity index (χ0n) is 12.7. The Morgan fingerprint density at radius 1 is 1.06 bits per heavy atom. The second-order valence-electron chi connectivity index (χ2n) is 6.72. The van der Waals surface area contributed by atoms with E-state index in [4.69, 9.17) is 0 Å². The van der Waals surface area contributed by atoms with E-state index in [1.54, 1.807) is 0 Å². The molecule has 0 spiro atoms. The second-order valence-corrected chi connectivity index (χ2v) is 6.72. The van der Waals surface area contributed by atoms with Crippen LogP contribution in [0.3, 0.4) is 0 Å². The molecule has 1 N–H and O–H groups in total. The molecule has 1 aliphatic rings. The van der Waals surface area contributed by atoms with Crippen molar-refractivity contribution in [2.75, 3.05) is 19.6 Å². The molecule has 1 rings (SSSR count). The highest BCUT2D eigenvalue weighted by molar-refractivity contribution is 4.84. The fraction of sp³-hybridized carbons (Fsp3) is 1.00. The van der Waals surface area contributed by atoms with Crippen LogP contribution in [0.15, 0.2) is 0 Å². The summed E-state index contributed by atoms with van der Waals surface area (Å²) >= 11 is 0. The summed E-state index contributed by atoms with van der Waals surface area (Å²) in [4.78, 5) is 2.66. The maximum Gasteiger partial charge on any atom is 0.0209 e. The fourth-order valence-corrected chi connectivity index (χ4v) is 3.10. The molecule has 0 aromatic carbocycles. The molecule has 2 heteroatoms. The van der Waals surface area contributed by atoms with Crippen LogP contribution in [0, 0.1) is 17.8 Å². The summed E-state index contributed by atoms with van der Waals surface area (Å²) < 4.78 is 0. The number of hydrogen-bond acceptors (Lipinski definition) is 2. The predicted octanol–water partition coefficient (Wildman–Crippen LogP) is 2.99. The third kappa shape index (κ3) is 4.97. The van der Waals surface area contributed by atoms with Crippen molar-refractivity contribution in [2.24, 2.45) is 17.8 Å². The molecule has 0 aromatic rings. The molecule has 1 unspecified atom stereocenters. The van der Waals surface area contributed by atoms with Crippen molar-refractivity contribution >= 4 is 0 Å². The van der Waals surface area contributed by atoms with Gasteiger partial charge in [0.25, 0.3) is 0 Å². The molecule has 2 nitrogen and oxygen atoms in total. The SMILES string of the molecule is CC(C)NC1CCN(CC(C(C)C)C(C)C)C1. The van der Waals surface area contributed by atoms with Crippen LogP contribution in [0.25, 0.3) is 0 Å². The maximum absolute atomic E-state index is 3.66. The zero-order chi connectivity index (χ0) is 13.0. The van der Waals surface area contributed by atoms with Crippen molar-refractivity contribution in [3.8, 4) is 0 Å². The number of rotatable bonds is 6. The normalized spacial score (nSPS) is 22.6. The average Bonchev–Trinajstić information content (AvgIpc) is 2.59. The van der Waals surface area contributed by atoms with Gasteiger partial charge in [0, 0.05) is 25.2 Å². The van der Waals surface area contributed by atoms with Gasteiger partial charge in [-0.05, 0) is 30.7 Å². The minimum atomic E-state index is 0.617. The monoisotopic (exact) mass is 240 g/mol. The largest absolute Gasteiger partial charge is 0.310 e. The van der Waals surface area contributed by atoms with Gasteiger partial charge >= 0.3 is 0 Å². The van der Waals surface area contributed by atoms with Crippen molar-refractivity contribution in [1.82, 2.24) is 10.2 Å². The van der Waals surface area contributed by atoms with E-state index < -0.39 is 0 Å². The molecule has 0 radical (unpaired) electrons. The Labute approximate surface area is 108 Å². The van der Waals surface area contributed by atoms with Gasteiger partial charge in [-0.2, -0.15) is 0 Å². The molecule has 0 amide bonds. The molecular weight excluding hydrogens is 208 g/mol. The van der Waals surface area contributed by atoms with Gasteiger partial charge in [0.05, 0.1) is 0 Å². The molecule has 102 valence electrons. The van der Waals surface area contributed by atoms with Crippen LogP contribution in [0.4, 0.5) is 0 Å². The molecule has 0 aromatic heterocycles. The second kappa shape index (κ2) is 6.75. The van der Waals surface area contributed by atoms with E-state index in [0.717, 1.165) is 23.8 Å². The van der Waals surface area contributed by atoms with Gasteiger partial charge < -0.3 is 10.2 Å². The summed E-state index contributed by atoms with van der Waals surface area (Å²) in [5, 5.41) is 3.66. The molecule has 17 heavy (non-hydrogen) atoms. The maximum atomic E-state index is 3.66. The first kappa shape index (κ1) is 15.0. The van der Waals surface area contributed by atoms with Gasteiger partial charge in [-0.1, -0.05) is 41.5 Å². The molecule has 0 aliphatic carbocycles. The lowest BCUT2D eigenvalue weighted by molar-refractivity contribution is 0.187. The number of hydrogen-bond donors (Lipinski definition) is 1. The van der Waals surface area contributed by atoms with Crippen molar-refractivity contribution in [3.63, 3.8) is 0 Å². The smallest absolute Gasteiger partial charge is 0.0209 e. The molecule has 1 saturated heterocycles. The van der Waals surface area contributed by atoms with Crippen LogP contribution < -0.4 is 5.32 Å². The lowest BCUT2D eigenvalue weighted by atomic mass is 9.85. The quantitative estimate of drug-likeness (QED) is 0.768. The summed E-state index contributed by atoms with van der Waals surface area (Å²) in [6, 6.07) is 1.33. The van der Waals surface area contributed by atoms with Gasteiger partial charge in [0.1, 0.15) is 0 Å². The van der Waals surface area contributed by atoms with Gasteiger partial charge in [-0.15, -0.1) is 0 Å². The highest BCUT2D eigenvalue weighted by Gasteiger charge is 2.27. The summed E-state index contributed by atoms with van der Waals surface area (Å²) in [5.74, 6) is 2.44. The first-order chi connectivity index (χ1) is 7.90. The average molecular weight is 240 g/mol. The Morgan fingerprint density at radius 3 is 2.12 bits per heavy atom. The van der Waals surface area contributed by atoms with E-state index in [1.807, 2.05) is 0 Å². The van der Waals surface area contributed by atoms with Crippen LogP contribution in [0.2, 0.25) is 0 Å². The van der Waals surface area contributed by atoms with Gasteiger partial charge in [-0.25, -0.2) is 0 Å². The highest BCUT2D eigenvalue weighted by atomic mass is 15.2. The van der Waals surface area contributed by atoms with E-state index >= 15 is 0 Å². The fourth-order valence-electron chi connectivity index (χ4n) is 3.10. The van der Waals surface area contributed by atoms with Crippen molar-refractivity contribution < 1.29 is 0 Å². The van der Waals surface area contributed by atoms with Crippen molar-refractivity contribution in [3.05, 3.63) is 0 Å². The molecule has 1 heterocycles. The van der Waals surface area contributed by atoms with Gasteiger partial charge in [0.2, 0.25) is 0 Å². The Balaban J connectivity index is 2.38. The first-order valence-corrected chi connectivity index (χ1v) is 7.38. The lowest BCUT2D eigenvalue weighted by Crippen LogP contribution is -2.39. The van der Waals surface area contributed by atoms with Crippen molar-refractivity contribution in [1.29, 1.82) is 0 Å².